The van der Waals surface area contributed by atoms with Crippen molar-refractivity contribution in [1.29, 1.82) is 0 Å². The van der Waals surface area contributed by atoms with Crippen LogP contribution in [-0.2, 0) is 16.6 Å². The predicted molar refractivity (Wildman–Crippen MR) is 72.0 cm³/mol. The summed E-state index contributed by atoms with van der Waals surface area (Å²) < 4.78 is 17.1. The van der Waals surface area contributed by atoms with E-state index in [1.54, 1.807) is 12.1 Å². The first-order chi connectivity index (χ1) is 8.97. The fourth-order valence-electron chi connectivity index (χ4n) is 1.54. The maximum absolute atomic E-state index is 12.1. The fraction of sp³-hybridized carbons (Fsp3) is 0.154. The highest BCUT2D eigenvalue weighted by Crippen LogP contribution is 2.22. The Morgan fingerprint density at radius 3 is 2.68 bits per heavy atom. The van der Waals surface area contributed by atoms with Crippen LogP contribution in [0.4, 0.5) is 0 Å². The van der Waals surface area contributed by atoms with Gasteiger partial charge in [-0.05, 0) is 36.2 Å². The van der Waals surface area contributed by atoms with Crippen molar-refractivity contribution in [2.45, 2.75) is 17.8 Å². The Balaban J connectivity index is 2.18. The minimum Gasteiger partial charge on any atom is -0.475 e. The van der Waals surface area contributed by atoms with Crippen LogP contribution in [0.5, 0.6) is 0 Å². The Morgan fingerprint density at radius 1 is 1.37 bits per heavy atom. The highest BCUT2D eigenvalue weighted by atomic mass is 35.5. The second kappa shape index (κ2) is 5.59. The number of hydrogen-bond acceptors (Lipinski definition) is 3. The van der Waals surface area contributed by atoms with Gasteiger partial charge in [-0.15, -0.1) is 0 Å². The van der Waals surface area contributed by atoms with Crippen LogP contribution >= 0.6 is 11.6 Å². The molecule has 1 N–H and O–H groups in total. The highest BCUT2D eigenvalue weighted by Gasteiger charge is 2.15. The zero-order valence-electron chi connectivity index (χ0n) is 10.1. The summed E-state index contributed by atoms with van der Waals surface area (Å²) in [7, 11) is -1.46. The molecule has 0 bridgehead atoms. The molecule has 2 aromatic rings. The highest BCUT2D eigenvalue weighted by molar-refractivity contribution is 7.84. The van der Waals surface area contributed by atoms with Gasteiger partial charge in [0.25, 0.3) is 0 Å². The van der Waals surface area contributed by atoms with Gasteiger partial charge in [0.15, 0.2) is 5.09 Å². The molecule has 0 aliphatic carbocycles. The molecule has 0 fully saturated rings. The van der Waals surface area contributed by atoms with E-state index in [9.17, 15) is 9.00 Å². The summed E-state index contributed by atoms with van der Waals surface area (Å²) in [4.78, 5) is 10.7. The van der Waals surface area contributed by atoms with Crippen molar-refractivity contribution in [3.63, 3.8) is 0 Å². The number of carbonyl (C=O) groups is 1. The predicted octanol–water partition coefficient (Wildman–Crippen LogP) is 3.25. The normalized spacial score (nSPS) is 12.3. The average molecular weight is 299 g/mol. The minimum atomic E-state index is -1.46. The van der Waals surface area contributed by atoms with Crippen molar-refractivity contribution in [3.05, 3.63) is 52.2 Å². The quantitative estimate of drug-likeness (QED) is 0.941. The Morgan fingerprint density at radius 2 is 2.11 bits per heavy atom. The van der Waals surface area contributed by atoms with Crippen molar-refractivity contribution < 1.29 is 18.5 Å². The van der Waals surface area contributed by atoms with Crippen LogP contribution < -0.4 is 0 Å². The van der Waals surface area contributed by atoms with Gasteiger partial charge in [0, 0.05) is 5.02 Å². The number of aryl methyl sites for hydroxylation is 1. The SMILES string of the molecule is Cc1ccc(CS(=O)c2ccc(C(=O)O)o2)c(Cl)c1. The molecule has 0 amide bonds. The van der Waals surface area contributed by atoms with E-state index in [0.29, 0.717) is 5.02 Å². The number of rotatable bonds is 4. The van der Waals surface area contributed by atoms with Crippen LogP contribution in [0.2, 0.25) is 5.02 Å². The van der Waals surface area contributed by atoms with Gasteiger partial charge in [-0.3, -0.25) is 4.21 Å². The summed E-state index contributed by atoms with van der Waals surface area (Å²) in [6.45, 7) is 1.91. The molecule has 100 valence electrons. The number of furan rings is 1. The van der Waals surface area contributed by atoms with Gasteiger partial charge in [-0.1, -0.05) is 23.7 Å². The van der Waals surface area contributed by atoms with Gasteiger partial charge >= 0.3 is 5.97 Å². The zero-order valence-corrected chi connectivity index (χ0v) is 11.6. The number of hydrogen-bond donors (Lipinski definition) is 1. The lowest BCUT2D eigenvalue weighted by Gasteiger charge is -2.04. The summed E-state index contributed by atoms with van der Waals surface area (Å²) in [5.41, 5.74) is 1.75. The maximum Gasteiger partial charge on any atom is 0.371 e. The third kappa shape index (κ3) is 3.24. The molecule has 0 aliphatic heterocycles. The van der Waals surface area contributed by atoms with Gasteiger partial charge in [-0.2, -0.15) is 0 Å². The lowest BCUT2D eigenvalue weighted by atomic mass is 10.2. The topological polar surface area (TPSA) is 67.5 Å². The number of carboxylic acids is 1. The van der Waals surface area contributed by atoms with E-state index in [0.717, 1.165) is 11.1 Å². The molecule has 4 nitrogen and oxygen atoms in total. The van der Waals surface area contributed by atoms with Crippen LogP contribution in [0.15, 0.2) is 39.8 Å². The van der Waals surface area contributed by atoms with E-state index in [-0.39, 0.29) is 16.6 Å². The molecule has 1 aromatic carbocycles. The smallest absolute Gasteiger partial charge is 0.371 e. The molecule has 0 radical (unpaired) electrons. The molecule has 0 saturated heterocycles. The standard InChI is InChI=1S/C13H11ClO4S/c1-8-2-3-9(10(14)6-8)7-19(17)12-5-4-11(18-12)13(15)16/h2-6H,7H2,1H3,(H,15,16). The first-order valence-corrected chi connectivity index (χ1v) is 7.13. The van der Waals surface area contributed by atoms with Crippen LogP contribution in [0.1, 0.15) is 21.7 Å². The van der Waals surface area contributed by atoms with E-state index in [1.807, 2.05) is 13.0 Å². The van der Waals surface area contributed by atoms with E-state index < -0.39 is 16.8 Å². The molecule has 0 spiro atoms. The Hall–Kier alpha value is -1.59. The van der Waals surface area contributed by atoms with Crippen LogP contribution in [0.25, 0.3) is 0 Å². The summed E-state index contributed by atoms with van der Waals surface area (Å²) in [6.07, 6.45) is 0. The van der Waals surface area contributed by atoms with Crippen molar-refractivity contribution in [2.75, 3.05) is 0 Å². The van der Waals surface area contributed by atoms with Gasteiger partial charge in [0.2, 0.25) is 5.76 Å². The van der Waals surface area contributed by atoms with Gasteiger partial charge < -0.3 is 9.52 Å². The summed E-state index contributed by atoms with van der Waals surface area (Å²) in [5.74, 6) is -1.22. The number of aromatic carboxylic acids is 1. The zero-order chi connectivity index (χ0) is 14.0. The lowest BCUT2D eigenvalue weighted by molar-refractivity contribution is 0.0656. The van der Waals surface area contributed by atoms with Crippen molar-refractivity contribution in [3.8, 4) is 0 Å². The van der Waals surface area contributed by atoms with E-state index >= 15 is 0 Å². The first kappa shape index (κ1) is 13.8. The molecular weight excluding hydrogens is 288 g/mol. The number of halogens is 1. The molecule has 1 aromatic heterocycles. The fourth-order valence-corrected chi connectivity index (χ4v) is 3.00. The van der Waals surface area contributed by atoms with Crippen molar-refractivity contribution in [2.24, 2.45) is 0 Å². The number of carboxylic acid groups (broad SMARTS) is 1. The Labute approximate surface area is 117 Å². The van der Waals surface area contributed by atoms with E-state index in [2.05, 4.69) is 0 Å². The maximum atomic E-state index is 12.1. The third-order valence-corrected chi connectivity index (χ3v) is 4.10. The minimum absolute atomic E-state index is 0.133. The lowest BCUT2D eigenvalue weighted by Crippen LogP contribution is -1.97. The summed E-state index contributed by atoms with van der Waals surface area (Å²) in [5, 5.41) is 9.40. The summed E-state index contributed by atoms with van der Waals surface area (Å²) in [6, 6.07) is 8.16. The van der Waals surface area contributed by atoms with Crippen molar-refractivity contribution >= 4 is 28.4 Å². The van der Waals surface area contributed by atoms with Crippen LogP contribution in [0.3, 0.4) is 0 Å². The van der Waals surface area contributed by atoms with Gasteiger partial charge in [0.1, 0.15) is 0 Å². The number of benzene rings is 1. The summed E-state index contributed by atoms with van der Waals surface area (Å²) >= 11 is 6.06. The second-order valence-electron chi connectivity index (χ2n) is 4.01. The molecule has 0 saturated carbocycles. The molecule has 6 heteroatoms. The molecule has 0 aliphatic rings. The van der Waals surface area contributed by atoms with E-state index in [4.69, 9.17) is 21.1 Å². The molecule has 19 heavy (non-hydrogen) atoms. The monoisotopic (exact) mass is 298 g/mol. The van der Waals surface area contributed by atoms with E-state index in [1.165, 1.54) is 12.1 Å². The molecule has 1 atom stereocenters. The molecule has 1 heterocycles. The first-order valence-electron chi connectivity index (χ1n) is 5.44. The Kier molecular flexibility index (Phi) is 4.07. The molecular formula is C13H11ClO4S. The molecule has 2 rings (SSSR count). The van der Waals surface area contributed by atoms with Crippen LogP contribution in [0, 0.1) is 6.92 Å². The average Bonchev–Trinajstić information content (AvgIpc) is 2.82. The van der Waals surface area contributed by atoms with Crippen LogP contribution in [-0.4, -0.2) is 15.3 Å². The molecule has 1 unspecified atom stereocenters. The third-order valence-electron chi connectivity index (χ3n) is 2.51. The second-order valence-corrected chi connectivity index (χ2v) is 5.80. The van der Waals surface area contributed by atoms with Gasteiger partial charge in [0.05, 0.1) is 16.6 Å². The van der Waals surface area contributed by atoms with Crippen molar-refractivity contribution in [1.82, 2.24) is 0 Å². The Bertz CT molecular complexity index is 648. The largest absolute Gasteiger partial charge is 0.475 e. The van der Waals surface area contributed by atoms with Gasteiger partial charge in [-0.25, -0.2) is 4.79 Å².